The summed E-state index contributed by atoms with van der Waals surface area (Å²) in [6.07, 6.45) is 6.47. The van der Waals surface area contributed by atoms with E-state index in [0.717, 1.165) is 25.2 Å². The zero-order valence-electron chi connectivity index (χ0n) is 14.0. The highest BCUT2D eigenvalue weighted by molar-refractivity contribution is 5.83. The summed E-state index contributed by atoms with van der Waals surface area (Å²) in [5.74, 6) is 1.13. The van der Waals surface area contributed by atoms with Gasteiger partial charge in [-0.3, -0.25) is 9.59 Å². The van der Waals surface area contributed by atoms with Crippen molar-refractivity contribution in [3.05, 3.63) is 0 Å². The van der Waals surface area contributed by atoms with E-state index >= 15 is 0 Å². The van der Waals surface area contributed by atoms with E-state index in [9.17, 15) is 9.59 Å². The van der Waals surface area contributed by atoms with Crippen LogP contribution in [0.25, 0.3) is 0 Å². The Bertz CT molecular complexity index is 474. The Hall–Kier alpha value is -1.06. The van der Waals surface area contributed by atoms with Crippen LogP contribution in [0.3, 0.4) is 0 Å². The first-order valence-electron chi connectivity index (χ1n) is 8.76. The molecule has 5 atom stereocenters. The minimum absolute atomic E-state index is 0.0383. The molecule has 0 radical (unpaired) electrons. The fraction of sp³-hybridized carbons (Fsp3) is 0.889. The largest absolute Gasteiger partial charge is 0.462 e. The van der Waals surface area contributed by atoms with Gasteiger partial charge in [-0.25, -0.2) is 0 Å². The van der Waals surface area contributed by atoms with E-state index in [-0.39, 0.29) is 41.9 Å². The molecule has 2 bridgehead atoms. The Balaban J connectivity index is 1.45. The van der Waals surface area contributed by atoms with Gasteiger partial charge in [-0.05, 0) is 55.8 Å². The van der Waals surface area contributed by atoms with Gasteiger partial charge in [0.2, 0.25) is 0 Å². The molecule has 5 unspecified atom stereocenters. The van der Waals surface area contributed by atoms with Crippen LogP contribution >= 0.6 is 0 Å². The summed E-state index contributed by atoms with van der Waals surface area (Å²) in [5.41, 5.74) is 0.0585. The molecule has 4 nitrogen and oxygen atoms in total. The zero-order valence-corrected chi connectivity index (χ0v) is 14.0. The summed E-state index contributed by atoms with van der Waals surface area (Å²) in [7, 11) is 0. The normalized spacial score (nSPS) is 39.8. The molecule has 1 spiro atoms. The lowest BCUT2D eigenvalue weighted by Crippen LogP contribution is -2.25. The maximum absolute atomic E-state index is 12.5. The van der Waals surface area contributed by atoms with Crippen LogP contribution in [-0.2, 0) is 19.1 Å². The van der Waals surface area contributed by atoms with Gasteiger partial charge in [0.15, 0.2) is 0 Å². The van der Waals surface area contributed by atoms with Gasteiger partial charge in [-0.2, -0.15) is 0 Å². The third-order valence-electron chi connectivity index (χ3n) is 6.29. The third-order valence-corrected chi connectivity index (χ3v) is 6.29. The average Bonchev–Trinajstić information content (AvgIpc) is 2.99. The summed E-state index contributed by atoms with van der Waals surface area (Å²) in [6.45, 7) is 6.48. The molecular weight excluding hydrogens is 280 g/mol. The summed E-state index contributed by atoms with van der Waals surface area (Å²) in [4.78, 5) is 24.1. The Morgan fingerprint density at radius 3 is 2.64 bits per heavy atom. The summed E-state index contributed by atoms with van der Waals surface area (Å²) in [6, 6.07) is 0. The van der Waals surface area contributed by atoms with E-state index in [0.29, 0.717) is 5.92 Å². The Morgan fingerprint density at radius 2 is 1.91 bits per heavy atom. The van der Waals surface area contributed by atoms with Gasteiger partial charge >= 0.3 is 11.9 Å². The molecule has 0 aliphatic heterocycles. The van der Waals surface area contributed by atoms with E-state index in [4.69, 9.17) is 9.47 Å². The number of esters is 2. The standard InChI is InChI=1S/C18H28O4/c1-4-13(3)15(19)21-5-6-22-16(20)18-10-14-7-12(2)8-17(18,9-14)11-18/h12-14H,4-11H2,1-3H3. The van der Waals surface area contributed by atoms with Crippen molar-refractivity contribution >= 4 is 11.9 Å². The topological polar surface area (TPSA) is 52.6 Å². The fourth-order valence-electron chi connectivity index (χ4n) is 5.14. The molecule has 0 saturated heterocycles. The van der Waals surface area contributed by atoms with Gasteiger partial charge < -0.3 is 9.47 Å². The van der Waals surface area contributed by atoms with Crippen molar-refractivity contribution in [1.29, 1.82) is 0 Å². The summed E-state index contributed by atoms with van der Waals surface area (Å²) in [5, 5.41) is 0. The van der Waals surface area contributed by atoms with Crippen molar-refractivity contribution in [1.82, 2.24) is 0 Å². The maximum Gasteiger partial charge on any atom is 0.312 e. The van der Waals surface area contributed by atoms with Gasteiger partial charge in [0, 0.05) is 0 Å². The molecule has 0 N–H and O–H groups in total. The van der Waals surface area contributed by atoms with E-state index in [1.807, 2.05) is 13.8 Å². The Kier molecular flexibility index (Phi) is 3.98. The number of carbonyl (C=O) groups excluding carboxylic acids is 2. The minimum atomic E-state index is -0.204. The van der Waals surface area contributed by atoms with Gasteiger partial charge in [0.1, 0.15) is 13.2 Å². The second-order valence-electron chi connectivity index (χ2n) is 7.97. The maximum atomic E-state index is 12.5. The van der Waals surface area contributed by atoms with Crippen molar-refractivity contribution in [3.63, 3.8) is 0 Å². The number of hydrogen-bond donors (Lipinski definition) is 0. The van der Waals surface area contributed by atoms with E-state index in [1.54, 1.807) is 0 Å². The van der Waals surface area contributed by atoms with Crippen LogP contribution in [0.15, 0.2) is 0 Å². The average molecular weight is 308 g/mol. The lowest BCUT2D eigenvalue weighted by Gasteiger charge is -2.28. The van der Waals surface area contributed by atoms with Crippen LogP contribution in [0.2, 0.25) is 0 Å². The smallest absolute Gasteiger partial charge is 0.312 e. The predicted molar refractivity (Wildman–Crippen MR) is 82.0 cm³/mol. The highest BCUT2D eigenvalue weighted by atomic mass is 16.6. The van der Waals surface area contributed by atoms with Crippen molar-refractivity contribution < 1.29 is 19.1 Å². The third kappa shape index (κ3) is 2.44. The van der Waals surface area contributed by atoms with E-state index in [2.05, 4.69) is 6.92 Å². The van der Waals surface area contributed by atoms with Crippen LogP contribution in [0.5, 0.6) is 0 Å². The first kappa shape index (κ1) is 15.8. The quantitative estimate of drug-likeness (QED) is 0.558. The van der Waals surface area contributed by atoms with Crippen molar-refractivity contribution in [2.24, 2.45) is 28.6 Å². The van der Waals surface area contributed by atoms with Gasteiger partial charge in [0.25, 0.3) is 0 Å². The second-order valence-corrected chi connectivity index (χ2v) is 7.97. The van der Waals surface area contributed by atoms with Gasteiger partial charge in [-0.1, -0.05) is 20.8 Å². The Morgan fingerprint density at radius 1 is 1.18 bits per heavy atom. The van der Waals surface area contributed by atoms with Crippen LogP contribution in [-0.4, -0.2) is 25.2 Å². The number of fused-ring (bicyclic) bond motifs is 1. The van der Waals surface area contributed by atoms with E-state index < -0.39 is 0 Å². The minimum Gasteiger partial charge on any atom is -0.462 e. The molecule has 124 valence electrons. The van der Waals surface area contributed by atoms with Crippen molar-refractivity contribution in [3.8, 4) is 0 Å². The number of ether oxygens (including phenoxy) is 2. The SMILES string of the molecule is CCC(C)C(=O)OCCOC(=O)C12CC3CC(C)CC1(C3)C2. The number of carbonyl (C=O) groups is 2. The molecule has 3 aliphatic rings. The number of hydrogen-bond acceptors (Lipinski definition) is 4. The first-order valence-corrected chi connectivity index (χ1v) is 8.76. The monoisotopic (exact) mass is 308 g/mol. The van der Waals surface area contributed by atoms with Gasteiger partial charge in [-0.15, -0.1) is 0 Å². The second kappa shape index (κ2) is 5.54. The molecule has 0 aromatic carbocycles. The predicted octanol–water partition coefficient (Wildman–Crippen LogP) is 3.34. The molecule has 4 heteroatoms. The van der Waals surface area contributed by atoms with Crippen LogP contribution in [0.4, 0.5) is 0 Å². The highest BCUT2D eigenvalue weighted by Crippen LogP contribution is 2.80. The number of rotatable bonds is 6. The highest BCUT2D eigenvalue weighted by Gasteiger charge is 2.77. The molecular formula is C18H28O4. The lowest BCUT2D eigenvalue weighted by molar-refractivity contribution is -0.158. The molecule has 3 aliphatic carbocycles. The molecule has 3 fully saturated rings. The fourth-order valence-corrected chi connectivity index (χ4v) is 5.14. The first-order chi connectivity index (χ1) is 10.4. The molecule has 3 saturated carbocycles. The van der Waals surface area contributed by atoms with Crippen molar-refractivity contribution in [2.75, 3.05) is 13.2 Å². The molecule has 0 amide bonds. The molecule has 3 rings (SSSR count). The van der Waals surface area contributed by atoms with Crippen molar-refractivity contribution in [2.45, 2.75) is 59.3 Å². The lowest BCUT2D eigenvalue weighted by atomic mass is 9.77. The summed E-state index contributed by atoms with van der Waals surface area (Å²) < 4.78 is 10.6. The van der Waals surface area contributed by atoms with Crippen LogP contribution < -0.4 is 0 Å². The van der Waals surface area contributed by atoms with Crippen LogP contribution in [0, 0.1) is 28.6 Å². The molecule has 0 aromatic rings. The Labute approximate surface area is 132 Å². The summed E-state index contributed by atoms with van der Waals surface area (Å²) >= 11 is 0. The zero-order chi connectivity index (χ0) is 16.0. The molecule has 22 heavy (non-hydrogen) atoms. The van der Waals surface area contributed by atoms with Crippen LogP contribution in [0.1, 0.15) is 59.3 Å². The van der Waals surface area contributed by atoms with Gasteiger partial charge in [0.05, 0.1) is 11.3 Å². The van der Waals surface area contributed by atoms with E-state index in [1.165, 1.54) is 19.3 Å². The molecule has 0 heterocycles. The molecule has 0 aromatic heterocycles.